The van der Waals surface area contributed by atoms with E-state index >= 15 is 0 Å². The van der Waals surface area contributed by atoms with Crippen LogP contribution in [0.15, 0.2) is 0 Å². The quantitative estimate of drug-likeness (QED) is 0.907. The van der Waals surface area contributed by atoms with Crippen molar-refractivity contribution < 1.29 is 14.7 Å². The Balaban J connectivity index is 2.18. The second-order valence-electron chi connectivity index (χ2n) is 5.16. The molecule has 6 heteroatoms. The standard InChI is InChI=1S/C14H20N2O3S/c1-3-16(8-11(17)18)14(19)12-9(2)15-13(20-12)10-6-4-5-7-10/h10H,3-8H2,1-2H3,(H,17,18). The van der Waals surface area contributed by atoms with Crippen molar-refractivity contribution in [2.24, 2.45) is 0 Å². The van der Waals surface area contributed by atoms with Crippen molar-refractivity contribution in [2.45, 2.75) is 45.4 Å². The summed E-state index contributed by atoms with van der Waals surface area (Å²) in [6, 6.07) is 0. The Morgan fingerprint density at radius 3 is 2.60 bits per heavy atom. The Hall–Kier alpha value is -1.43. The molecule has 1 aromatic heterocycles. The van der Waals surface area contributed by atoms with E-state index in [1.54, 1.807) is 6.92 Å². The molecule has 1 N–H and O–H groups in total. The number of aryl methyl sites for hydroxylation is 1. The number of nitrogens with zero attached hydrogens (tertiary/aromatic N) is 2. The molecule has 110 valence electrons. The third-order valence-corrected chi connectivity index (χ3v) is 5.01. The Kier molecular flexibility index (Phi) is 4.75. The highest BCUT2D eigenvalue weighted by Crippen LogP contribution is 2.37. The Morgan fingerprint density at radius 2 is 2.05 bits per heavy atom. The number of aliphatic carboxylic acids is 1. The van der Waals surface area contributed by atoms with E-state index in [2.05, 4.69) is 4.98 Å². The lowest BCUT2D eigenvalue weighted by Gasteiger charge is -2.17. The van der Waals surface area contributed by atoms with Gasteiger partial charge in [-0.15, -0.1) is 11.3 Å². The van der Waals surface area contributed by atoms with E-state index in [1.165, 1.54) is 29.1 Å². The van der Waals surface area contributed by atoms with Crippen molar-refractivity contribution in [1.82, 2.24) is 9.88 Å². The highest BCUT2D eigenvalue weighted by molar-refractivity contribution is 7.13. The van der Waals surface area contributed by atoms with Crippen molar-refractivity contribution in [1.29, 1.82) is 0 Å². The largest absolute Gasteiger partial charge is 0.480 e. The fourth-order valence-electron chi connectivity index (χ4n) is 2.60. The molecular formula is C14H20N2O3S. The van der Waals surface area contributed by atoms with Crippen LogP contribution in [0.5, 0.6) is 0 Å². The second kappa shape index (κ2) is 6.35. The lowest BCUT2D eigenvalue weighted by molar-refractivity contribution is -0.137. The molecule has 5 nitrogen and oxygen atoms in total. The molecule has 1 aromatic rings. The first-order chi connectivity index (χ1) is 9.52. The maximum atomic E-state index is 12.4. The summed E-state index contributed by atoms with van der Waals surface area (Å²) >= 11 is 1.44. The van der Waals surface area contributed by atoms with E-state index in [4.69, 9.17) is 5.11 Å². The summed E-state index contributed by atoms with van der Waals surface area (Å²) in [4.78, 5) is 29.7. The van der Waals surface area contributed by atoms with Gasteiger partial charge >= 0.3 is 5.97 Å². The smallest absolute Gasteiger partial charge is 0.323 e. The highest BCUT2D eigenvalue weighted by atomic mass is 32.1. The molecule has 1 aliphatic carbocycles. The highest BCUT2D eigenvalue weighted by Gasteiger charge is 2.26. The van der Waals surface area contributed by atoms with E-state index in [9.17, 15) is 9.59 Å². The Labute approximate surface area is 122 Å². The molecule has 0 radical (unpaired) electrons. The lowest BCUT2D eigenvalue weighted by Crippen LogP contribution is -2.35. The first-order valence-electron chi connectivity index (χ1n) is 7.01. The monoisotopic (exact) mass is 296 g/mol. The molecule has 20 heavy (non-hydrogen) atoms. The third-order valence-electron chi connectivity index (χ3n) is 3.71. The van der Waals surface area contributed by atoms with Gasteiger partial charge in [-0.1, -0.05) is 12.8 Å². The molecule has 0 unspecified atom stereocenters. The summed E-state index contributed by atoms with van der Waals surface area (Å²) < 4.78 is 0. The number of carbonyl (C=O) groups excluding carboxylic acids is 1. The number of carboxylic acid groups (broad SMARTS) is 1. The first kappa shape index (κ1) is 15.0. The summed E-state index contributed by atoms with van der Waals surface area (Å²) in [6.45, 7) is 3.75. The summed E-state index contributed by atoms with van der Waals surface area (Å²) in [5, 5.41) is 9.89. The van der Waals surface area contributed by atoms with Crippen molar-refractivity contribution in [2.75, 3.05) is 13.1 Å². The molecule has 0 aromatic carbocycles. The maximum absolute atomic E-state index is 12.4. The maximum Gasteiger partial charge on any atom is 0.323 e. The van der Waals surface area contributed by atoms with Crippen LogP contribution in [0.1, 0.15) is 58.9 Å². The van der Waals surface area contributed by atoms with Crippen LogP contribution in [0.2, 0.25) is 0 Å². The van der Waals surface area contributed by atoms with E-state index in [0.29, 0.717) is 17.3 Å². The summed E-state index contributed by atoms with van der Waals surface area (Å²) in [7, 11) is 0. The van der Waals surface area contributed by atoms with Gasteiger partial charge in [0.1, 0.15) is 11.4 Å². The summed E-state index contributed by atoms with van der Waals surface area (Å²) in [6.07, 6.45) is 4.75. The number of amides is 1. The van der Waals surface area contributed by atoms with Crippen LogP contribution < -0.4 is 0 Å². The first-order valence-corrected chi connectivity index (χ1v) is 7.83. The van der Waals surface area contributed by atoms with Gasteiger partial charge in [-0.2, -0.15) is 0 Å². The number of hydrogen-bond acceptors (Lipinski definition) is 4. The van der Waals surface area contributed by atoms with Crippen molar-refractivity contribution in [3.8, 4) is 0 Å². The fourth-order valence-corrected chi connectivity index (χ4v) is 3.80. The van der Waals surface area contributed by atoms with E-state index in [0.717, 1.165) is 23.5 Å². The Morgan fingerprint density at radius 1 is 1.40 bits per heavy atom. The zero-order valence-corrected chi connectivity index (χ0v) is 12.7. The molecule has 0 atom stereocenters. The number of carboxylic acids is 1. The van der Waals surface area contributed by atoms with Gasteiger partial charge in [-0.05, 0) is 26.7 Å². The van der Waals surface area contributed by atoms with Crippen LogP contribution in [0, 0.1) is 6.92 Å². The molecule has 0 bridgehead atoms. The number of carbonyl (C=O) groups is 2. The number of thiazole rings is 1. The van der Waals surface area contributed by atoms with Crippen LogP contribution in [0.4, 0.5) is 0 Å². The average Bonchev–Trinajstić information content (AvgIpc) is 3.03. The molecular weight excluding hydrogens is 276 g/mol. The molecule has 1 fully saturated rings. The predicted molar refractivity (Wildman–Crippen MR) is 77.3 cm³/mol. The lowest BCUT2D eigenvalue weighted by atomic mass is 10.1. The van der Waals surface area contributed by atoms with E-state index in [1.807, 2.05) is 6.92 Å². The van der Waals surface area contributed by atoms with Gasteiger partial charge in [0, 0.05) is 12.5 Å². The van der Waals surface area contributed by atoms with Gasteiger partial charge in [0.05, 0.1) is 10.7 Å². The molecule has 0 aliphatic heterocycles. The van der Waals surface area contributed by atoms with Crippen LogP contribution in [0.3, 0.4) is 0 Å². The van der Waals surface area contributed by atoms with Crippen LogP contribution in [-0.4, -0.2) is 40.0 Å². The number of rotatable bonds is 5. The van der Waals surface area contributed by atoms with Crippen molar-refractivity contribution in [3.05, 3.63) is 15.6 Å². The third kappa shape index (κ3) is 3.17. The fraction of sp³-hybridized carbons (Fsp3) is 0.643. The van der Waals surface area contributed by atoms with Crippen molar-refractivity contribution >= 4 is 23.2 Å². The minimum atomic E-state index is -0.988. The van der Waals surface area contributed by atoms with Crippen LogP contribution in [0.25, 0.3) is 0 Å². The SMILES string of the molecule is CCN(CC(=O)O)C(=O)c1sc(C2CCCC2)nc1C. The molecule has 1 heterocycles. The predicted octanol–water partition coefficient (Wildman–Crippen LogP) is 2.66. The minimum absolute atomic E-state index is 0.214. The molecule has 2 rings (SSSR count). The van der Waals surface area contributed by atoms with Gasteiger partial charge < -0.3 is 10.0 Å². The normalized spacial score (nSPS) is 15.5. The van der Waals surface area contributed by atoms with Gasteiger partial charge in [-0.3, -0.25) is 9.59 Å². The molecule has 1 saturated carbocycles. The summed E-state index contributed by atoms with van der Waals surface area (Å²) in [5.41, 5.74) is 0.728. The van der Waals surface area contributed by atoms with Gasteiger partial charge in [0.15, 0.2) is 0 Å². The van der Waals surface area contributed by atoms with E-state index < -0.39 is 5.97 Å². The molecule has 1 amide bonds. The van der Waals surface area contributed by atoms with Gasteiger partial charge in [0.2, 0.25) is 0 Å². The molecule has 0 spiro atoms. The van der Waals surface area contributed by atoms with Gasteiger partial charge in [-0.25, -0.2) is 4.98 Å². The number of likely N-dealkylation sites (N-methyl/N-ethyl adjacent to an activating group) is 1. The Bertz CT molecular complexity index is 507. The van der Waals surface area contributed by atoms with E-state index in [-0.39, 0.29) is 12.5 Å². The topological polar surface area (TPSA) is 70.5 Å². The van der Waals surface area contributed by atoms with Crippen LogP contribution >= 0.6 is 11.3 Å². The zero-order valence-electron chi connectivity index (χ0n) is 11.9. The molecule has 0 saturated heterocycles. The number of hydrogen-bond donors (Lipinski definition) is 1. The zero-order chi connectivity index (χ0) is 14.7. The van der Waals surface area contributed by atoms with Crippen LogP contribution in [-0.2, 0) is 4.79 Å². The number of aromatic nitrogens is 1. The summed E-state index contributed by atoms with van der Waals surface area (Å²) in [5.74, 6) is -0.720. The minimum Gasteiger partial charge on any atom is -0.480 e. The molecule has 1 aliphatic rings. The van der Waals surface area contributed by atoms with Gasteiger partial charge in [0.25, 0.3) is 5.91 Å². The second-order valence-corrected chi connectivity index (χ2v) is 6.19. The van der Waals surface area contributed by atoms with Crippen molar-refractivity contribution in [3.63, 3.8) is 0 Å². The average molecular weight is 296 g/mol.